The van der Waals surface area contributed by atoms with Gasteiger partial charge < -0.3 is 10.1 Å². The van der Waals surface area contributed by atoms with Gasteiger partial charge in [0.2, 0.25) is 0 Å². The lowest BCUT2D eigenvalue weighted by molar-refractivity contribution is 0.0923. The van der Waals surface area contributed by atoms with Crippen LogP contribution in [0.4, 0.5) is 4.39 Å². The number of pyridine rings is 1. The molecule has 3 rings (SSSR count). The molecule has 0 unspecified atom stereocenters. The summed E-state index contributed by atoms with van der Waals surface area (Å²) in [6, 6.07) is 4.84. The number of hydrogen-bond donors (Lipinski definition) is 1. The number of aromatic nitrogens is 1. The van der Waals surface area contributed by atoms with Crippen LogP contribution in [-0.4, -0.2) is 24.0 Å². The third-order valence-corrected chi connectivity index (χ3v) is 4.57. The molecular weight excluding hydrogens is 295 g/mol. The van der Waals surface area contributed by atoms with Crippen LogP contribution in [0, 0.1) is 11.7 Å². The molecule has 1 aromatic carbocycles. The molecule has 4 nitrogen and oxygen atoms in total. The van der Waals surface area contributed by atoms with E-state index in [2.05, 4.69) is 17.2 Å². The second-order valence-electron chi connectivity index (χ2n) is 6.33. The molecule has 2 aromatic rings. The van der Waals surface area contributed by atoms with E-state index in [1.54, 1.807) is 12.1 Å². The zero-order valence-corrected chi connectivity index (χ0v) is 13.4. The maximum atomic E-state index is 13.7. The number of rotatable bonds is 3. The molecule has 23 heavy (non-hydrogen) atoms. The zero-order valence-electron chi connectivity index (χ0n) is 13.4. The largest absolute Gasteiger partial charge is 0.494 e. The molecule has 5 heteroatoms. The average molecular weight is 316 g/mol. The first-order valence-corrected chi connectivity index (χ1v) is 8.01. The first-order valence-electron chi connectivity index (χ1n) is 8.01. The summed E-state index contributed by atoms with van der Waals surface area (Å²) in [7, 11) is 1.41. The van der Waals surface area contributed by atoms with Crippen LogP contribution in [0.15, 0.2) is 24.4 Å². The minimum absolute atomic E-state index is 0.123. The highest BCUT2D eigenvalue weighted by molar-refractivity contribution is 5.97. The van der Waals surface area contributed by atoms with Crippen molar-refractivity contribution in [2.24, 2.45) is 5.92 Å². The van der Waals surface area contributed by atoms with Crippen LogP contribution in [-0.2, 0) is 0 Å². The summed E-state index contributed by atoms with van der Waals surface area (Å²) in [5.74, 6) is 0.314. The highest BCUT2D eigenvalue weighted by Gasteiger charge is 2.20. The van der Waals surface area contributed by atoms with Gasteiger partial charge in [-0.3, -0.25) is 9.78 Å². The van der Waals surface area contributed by atoms with Crippen molar-refractivity contribution in [1.29, 1.82) is 0 Å². The molecule has 1 aliphatic carbocycles. The summed E-state index contributed by atoms with van der Waals surface area (Å²) < 4.78 is 18.7. The van der Waals surface area contributed by atoms with Gasteiger partial charge >= 0.3 is 0 Å². The Morgan fingerprint density at radius 1 is 1.26 bits per heavy atom. The van der Waals surface area contributed by atoms with Crippen LogP contribution in [0.5, 0.6) is 5.75 Å². The fraction of sp³-hybridized carbons (Fsp3) is 0.444. The van der Waals surface area contributed by atoms with E-state index in [1.165, 1.54) is 19.4 Å². The summed E-state index contributed by atoms with van der Waals surface area (Å²) >= 11 is 0. The number of hydrogen-bond acceptors (Lipinski definition) is 3. The van der Waals surface area contributed by atoms with Crippen LogP contribution < -0.4 is 10.1 Å². The van der Waals surface area contributed by atoms with Crippen molar-refractivity contribution in [3.63, 3.8) is 0 Å². The van der Waals surface area contributed by atoms with Crippen molar-refractivity contribution < 1.29 is 13.9 Å². The monoisotopic (exact) mass is 316 g/mol. The van der Waals surface area contributed by atoms with Crippen LogP contribution >= 0.6 is 0 Å². The van der Waals surface area contributed by atoms with E-state index in [4.69, 9.17) is 4.74 Å². The number of ether oxygens (including phenoxy) is 1. The molecule has 1 aliphatic rings. The van der Waals surface area contributed by atoms with Gasteiger partial charge in [0.05, 0.1) is 18.2 Å². The van der Waals surface area contributed by atoms with Crippen molar-refractivity contribution in [3.05, 3.63) is 35.8 Å². The van der Waals surface area contributed by atoms with E-state index in [0.29, 0.717) is 16.5 Å². The number of fused-ring (bicyclic) bond motifs is 1. The number of carbonyl (C=O) groups excluding carboxylic acids is 1. The molecule has 0 spiro atoms. The summed E-state index contributed by atoms with van der Waals surface area (Å²) in [5.41, 5.74) is 0.996. The topological polar surface area (TPSA) is 51.2 Å². The molecule has 1 N–H and O–H groups in total. The second kappa shape index (κ2) is 6.52. The van der Waals surface area contributed by atoms with Crippen molar-refractivity contribution in [3.8, 4) is 5.75 Å². The smallest absolute Gasteiger partial charge is 0.253 e. The van der Waals surface area contributed by atoms with Gasteiger partial charge in [-0.1, -0.05) is 6.92 Å². The number of carbonyl (C=O) groups is 1. The zero-order chi connectivity index (χ0) is 16.4. The molecule has 1 saturated carbocycles. The predicted molar refractivity (Wildman–Crippen MR) is 87.1 cm³/mol. The molecule has 0 radical (unpaired) electrons. The summed E-state index contributed by atoms with van der Waals surface area (Å²) in [6.07, 6.45) is 5.84. The molecule has 0 atom stereocenters. The lowest BCUT2D eigenvalue weighted by Gasteiger charge is -2.26. The Balaban J connectivity index is 1.79. The van der Waals surface area contributed by atoms with E-state index in [-0.39, 0.29) is 17.7 Å². The number of halogens is 1. The number of amides is 1. The second-order valence-corrected chi connectivity index (χ2v) is 6.33. The van der Waals surface area contributed by atoms with E-state index < -0.39 is 5.82 Å². The van der Waals surface area contributed by atoms with Gasteiger partial charge in [-0.2, -0.15) is 0 Å². The molecule has 1 aromatic heterocycles. The first-order chi connectivity index (χ1) is 11.1. The Morgan fingerprint density at radius 3 is 2.70 bits per heavy atom. The Labute approximate surface area is 135 Å². The highest BCUT2D eigenvalue weighted by atomic mass is 19.1. The number of nitrogens with one attached hydrogen (secondary N) is 1. The van der Waals surface area contributed by atoms with Gasteiger partial charge in [0.25, 0.3) is 5.91 Å². The number of benzene rings is 1. The van der Waals surface area contributed by atoms with Crippen molar-refractivity contribution in [2.45, 2.75) is 38.6 Å². The quantitative estimate of drug-likeness (QED) is 0.939. The minimum atomic E-state index is -0.457. The fourth-order valence-electron chi connectivity index (χ4n) is 3.08. The highest BCUT2D eigenvalue weighted by Crippen LogP contribution is 2.25. The fourth-order valence-corrected chi connectivity index (χ4v) is 3.08. The lowest BCUT2D eigenvalue weighted by atomic mass is 9.87. The molecule has 0 aliphatic heterocycles. The van der Waals surface area contributed by atoms with Gasteiger partial charge in [0.15, 0.2) is 11.6 Å². The Hall–Kier alpha value is -2.17. The van der Waals surface area contributed by atoms with Crippen LogP contribution in [0.2, 0.25) is 0 Å². The number of methoxy groups -OCH3 is 1. The Bertz CT molecular complexity index is 724. The molecule has 122 valence electrons. The Kier molecular flexibility index (Phi) is 4.46. The predicted octanol–water partition coefficient (Wildman–Crippen LogP) is 3.69. The maximum Gasteiger partial charge on any atom is 0.253 e. The van der Waals surface area contributed by atoms with E-state index >= 15 is 0 Å². The van der Waals surface area contributed by atoms with Crippen LogP contribution in [0.1, 0.15) is 43.0 Å². The van der Waals surface area contributed by atoms with Crippen molar-refractivity contribution >= 4 is 16.8 Å². The summed E-state index contributed by atoms with van der Waals surface area (Å²) in [6.45, 7) is 2.25. The normalized spacial score (nSPS) is 21.2. The Morgan fingerprint density at radius 2 is 2.00 bits per heavy atom. The van der Waals surface area contributed by atoms with Gasteiger partial charge in [-0.05, 0) is 43.7 Å². The first kappa shape index (κ1) is 15.7. The van der Waals surface area contributed by atoms with E-state index in [9.17, 15) is 9.18 Å². The molecule has 0 bridgehead atoms. The standard InChI is InChI=1S/C18H21FN2O2/c1-11-3-5-14(6-4-11)21-18(22)13-7-12-8-17(23-2)15(19)9-16(12)20-10-13/h7-11,14H,3-6H2,1-2H3,(H,21,22)/t11-,14-. The summed E-state index contributed by atoms with van der Waals surface area (Å²) in [4.78, 5) is 16.6. The molecule has 1 amide bonds. The molecule has 1 fully saturated rings. The average Bonchev–Trinajstić information content (AvgIpc) is 2.55. The third-order valence-electron chi connectivity index (χ3n) is 4.57. The van der Waals surface area contributed by atoms with Gasteiger partial charge in [0, 0.05) is 23.7 Å². The molecular formula is C18H21FN2O2. The van der Waals surface area contributed by atoms with Crippen LogP contribution in [0.3, 0.4) is 0 Å². The van der Waals surface area contributed by atoms with Crippen LogP contribution in [0.25, 0.3) is 10.9 Å². The van der Waals surface area contributed by atoms with Crippen molar-refractivity contribution in [2.75, 3.05) is 7.11 Å². The van der Waals surface area contributed by atoms with E-state index in [1.807, 2.05) is 0 Å². The maximum absolute atomic E-state index is 13.7. The molecule has 0 saturated heterocycles. The third kappa shape index (κ3) is 3.44. The van der Waals surface area contributed by atoms with Crippen molar-refractivity contribution in [1.82, 2.24) is 10.3 Å². The SMILES string of the molecule is COc1cc2cc(C(=O)N[C@H]3CC[C@H](C)CC3)cnc2cc1F. The van der Waals surface area contributed by atoms with Gasteiger partial charge in [-0.15, -0.1) is 0 Å². The van der Waals surface area contributed by atoms with Gasteiger partial charge in [-0.25, -0.2) is 4.39 Å². The minimum Gasteiger partial charge on any atom is -0.494 e. The lowest BCUT2D eigenvalue weighted by Crippen LogP contribution is -2.37. The number of nitrogens with zero attached hydrogens (tertiary/aromatic N) is 1. The van der Waals surface area contributed by atoms with Gasteiger partial charge in [0.1, 0.15) is 0 Å². The van der Waals surface area contributed by atoms with E-state index in [0.717, 1.165) is 31.6 Å². The molecule has 1 heterocycles. The summed E-state index contributed by atoms with van der Waals surface area (Å²) in [5, 5.41) is 3.76.